The van der Waals surface area contributed by atoms with Crippen LogP contribution in [-0.4, -0.2) is 81.1 Å². The quantitative estimate of drug-likeness (QED) is 0.0832. The Labute approximate surface area is 287 Å². The first kappa shape index (κ1) is 34.8. The molecule has 2 aromatic carbocycles. The van der Waals surface area contributed by atoms with E-state index in [9.17, 15) is 24.0 Å². The van der Waals surface area contributed by atoms with Gasteiger partial charge >= 0.3 is 6.03 Å². The molecule has 2 aliphatic heterocycles. The average Bonchev–Trinajstić information content (AvgIpc) is 3.60. The van der Waals surface area contributed by atoms with E-state index in [1.54, 1.807) is 10.9 Å². The number of aliphatic imine (C=N–C) groups is 1. The van der Waals surface area contributed by atoms with Gasteiger partial charge in [0.25, 0.3) is 0 Å². The molecule has 1 aromatic heterocycles. The van der Waals surface area contributed by atoms with Gasteiger partial charge in [-0.3, -0.25) is 24.2 Å². The molecule has 49 heavy (non-hydrogen) atoms. The number of carbonyl (C=O) groups is 5. The fourth-order valence-corrected chi connectivity index (χ4v) is 6.83. The van der Waals surface area contributed by atoms with Crippen molar-refractivity contribution in [2.45, 2.75) is 69.4 Å². The largest absolute Gasteiger partial charge is 0.370 e. The number of amides is 6. The van der Waals surface area contributed by atoms with Crippen LogP contribution in [0.3, 0.4) is 0 Å². The molecule has 0 saturated carbocycles. The summed E-state index contributed by atoms with van der Waals surface area (Å²) in [6.07, 6.45) is 0.884. The second kappa shape index (κ2) is 15.6. The topological polar surface area (TPSA) is 245 Å². The molecule has 1 unspecified atom stereocenters. The van der Waals surface area contributed by atoms with Crippen molar-refractivity contribution in [3.63, 3.8) is 0 Å². The monoisotopic (exact) mass is 688 g/mol. The molecule has 3 heterocycles. The first-order valence-corrected chi connectivity index (χ1v) is 16.8. The van der Waals surface area contributed by atoms with Gasteiger partial charge in [0.2, 0.25) is 23.6 Å². The van der Waals surface area contributed by atoms with Gasteiger partial charge in [0.05, 0.1) is 11.2 Å². The number of aromatic nitrogens is 1. The van der Waals surface area contributed by atoms with Crippen LogP contribution in [0.2, 0.25) is 0 Å². The van der Waals surface area contributed by atoms with Crippen LogP contribution in [0.15, 0.2) is 64.4 Å². The zero-order valence-electron chi connectivity index (χ0n) is 26.8. The molecule has 5 rings (SSSR count). The highest BCUT2D eigenvalue weighted by molar-refractivity contribution is 7.07. The number of rotatable bonds is 12. The van der Waals surface area contributed by atoms with Gasteiger partial charge in [-0.25, -0.2) is 9.78 Å². The molecule has 0 aliphatic carbocycles. The molecule has 0 spiro atoms. The van der Waals surface area contributed by atoms with Crippen molar-refractivity contribution in [3.05, 3.63) is 87.4 Å². The molecule has 16 heteroatoms. The number of primary amides is 2. The fourth-order valence-electron chi connectivity index (χ4n) is 6.26. The first-order valence-electron chi connectivity index (χ1n) is 15.8. The maximum Gasteiger partial charge on any atom is 0.315 e. The van der Waals surface area contributed by atoms with Crippen LogP contribution < -0.4 is 33.6 Å². The lowest BCUT2D eigenvalue weighted by Crippen LogP contribution is -2.61. The van der Waals surface area contributed by atoms with E-state index in [-0.39, 0.29) is 51.3 Å². The number of guanidine groups is 1. The van der Waals surface area contributed by atoms with Gasteiger partial charge in [0.15, 0.2) is 5.96 Å². The molecule has 3 aromatic rings. The molecular formula is C33H40N10O5S. The maximum absolute atomic E-state index is 14.2. The fraction of sp³-hybridized carbons (Fsp3) is 0.364. The van der Waals surface area contributed by atoms with Gasteiger partial charge in [-0.15, -0.1) is 11.3 Å². The highest BCUT2D eigenvalue weighted by atomic mass is 32.1. The summed E-state index contributed by atoms with van der Waals surface area (Å²) in [4.78, 5) is 78.0. The van der Waals surface area contributed by atoms with Crippen LogP contribution in [0.25, 0.3) is 0 Å². The lowest BCUT2D eigenvalue weighted by molar-refractivity contribution is -0.144. The minimum Gasteiger partial charge on any atom is -0.370 e. The number of urea groups is 1. The molecule has 0 radical (unpaired) electrons. The number of hydrogen-bond donors (Lipinski definition) is 6. The van der Waals surface area contributed by atoms with Gasteiger partial charge in [-0.2, -0.15) is 0 Å². The van der Waals surface area contributed by atoms with E-state index < -0.39 is 53.8 Å². The molecular weight excluding hydrogens is 648 g/mol. The van der Waals surface area contributed by atoms with Crippen molar-refractivity contribution in [2.75, 3.05) is 6.54 Å². The summed E-state index contributed by atoms with van der Waals surface area (Å²) in [5.74, 6) is -2.54. The molecule has 15 nitrogen and oxygen atoms in total. The molecule has 4 atom stereocenters. The van der Waals surface area contributed by atoms with Crippen LogP contribution in [0, 0.1) is 0 Å². The van der Waals surface area contributed by atoms with Crippen molar-refractivity contribution in [3.8, 4) is 0 Å². The van der Waals surface area contributed by atoms with E-state index in [1.807, 2.05) is 48.5 Å². The van der Waals surface area contributed by atoms with Crippen molar-refractivity contribution in [1.29, 1.82) is 0 Å². The second-order valence-corrected chi connectivity index (χ2v) is 12.8. The Kier molecular flexibility index (Phi) is 11.1. The van der Waals surface area contributed by atoms with Crippen molar-refractivity contribution >= 4 is 47.0 Å². The number of hydrogen-bond acceptors (Lipinski definition) is 8. The lowest BCUT2D eigenvalue weighted by Gasteiger charge is -2.38. The number of carbonyl (C=O) groups excluding carboxylic acids is 5. The molecule has 2 aliphatic rings. The highest BCUT2D eigenvalue weighted by Gasteiger charge is 2.39. The predicted octanol–water partition coefficient (Wildman–Crippen LogP) is -0.347. The van der Waals surface area contributed by atoms with Gasteiger partial charge < -0.3 is 43.4 Å². The molecule has 258 valence electrons. The van der Waals surface area contributed by atoms with E-state index in [1.165, 1.54) is 21.1 Å². The van der Waals surface area contributed by atoms with Gasteiger partial charge in [-0.05, 0) is 35.1 Å². The third-order valence-electron chi connectivity index (χ3n) is 8.78. The van der Waals surface area contributed by atoms with E-state index in [0.29, 0.717) is 12.1 Å². The van der Waals surface area contributed by atoms with E-state index in [2.05, 4.69) is 20.6 Å². The Morgan fingerprint density at radius 3 is 2.02 bits per heavy atom. The Morgan fingerprint density at radius 2 is 1.45 bits per heavy atom. The van der Waals surface area contributed by atoms with Crippen molar-refractivity contribution < 1.29 is 24.0 Å². The molecule has 6 amide bonds. The van der Waals surface area contributed by atoms with Crippen LogP contribution in [0.4, 0.5) is 4.79 Å². The first-order chi connectivity index (χ1) is 23.5. The third kappa shape index (κ3) is 8.51. The highest BCUT2D eigenvalue weighted by Crippen LogP contribution is 2.26. The Bertz CT molecular complexity index is 1730. The SMILES string of the molecule is NC(=O)[C@@H]1Cc2ccccc2CN1C(=O)[C@H](CCCN=C(N)N)NC(=O)C(Cc1cscn1)NC(=O)[C@@H]1Cc2ccccc2CN1C(N)=O. The van der Waals surface area contributed by atoms with Crippen molar-refractivity contribution in [2.24, 2.45) is 27.9 Å². The number of nitrogens with zero attached hydrogens (tertiary/aromatic N) is 4. The second-order valence-electron chi connectivity index (χ2n) is 12.1. The van der Waals surface area contributed by atoms with Crippen molar-refractivity contribution in [1.82, 2.24) is 25.4 Å². The minimum absolute atomic E-state index is 0.0108. The van der Waals surface area contributed by atoms with Gasteiger partial charge in [0.1, 0.15) is 24.2 Å². The van der Waals surface area contributed by atoms with Crippen LogP contribution in [0.5, 0.6) is 0 Å². The van der Waals surface area contributed by atoms with Gasteiger partial charge in [-0.1, -0.05) is 48.5 Å². The molecule has 10 N–H and O–H groups in total. The summed E-state index contributed by atoms with van der Waals surface area (Å²) in [5.41, 5.74) is 28.1. The Hall–Kier alpha value is -5.51. The predicted molar refractivity (Wildman–Crippen MR) is 182 cm³/mol. The zero-order valence-corrected chi connectivity index (χ0v) is 27.6. The summed E-state index contributed by atoms with van der Waals surface area (Å²) in [7, 11) is 0. The number of fused-ring (bicyclic) bond motifs is 2. The minimum atomic E-state index is -1.18. The number of nitrogens with one attached hydrogen (secondary N) is 2. The average molecular weight is 689 g/mol. The Morgan fingerprint density at radius 1 is 0.837 bits per heavy atom. The summed E-state index contributed by atoms with van der Waals surface area (Å²) in [5, 5.41) is 7.36. The van der Waals surface area contributed by atoms with Crippen LogP contribution in [-0.2, 0) is 51.5 Å². The zero-order chi connectivity index (χ0) is 35.1. The third-order valence-corrected chi connectivity index (χ3v) is 9.42. The number of benzene rings is 2. The van der Waals surface area contributed by atoms with Gasteiger partial charge in [0, 0.05) is 44.3 Å². The summed E-state index contributed by atoms with van der Waals surface area (Å²) < 4.78 is 0. The van der Waals surface area contributed by atoms with Crippen LogP contribution >= 0.6 is 11.3 Å². The van der Waals surface area contributed by atoms with Crippen LogP contribution in [0.1, 0.15) is 40.8 Å². The van der Waals surface area contributed by atoms with E-state index >= 15 is 0 Å². The lowest BCUT2D eigenvalue weighted by atomic mass is 9.92. The number of nitrogens with two attached hydrogens (primary N) is 4. The standard InChI is InChI=1S/C33H40N10O5S/c34-28(44)26-12-19-6-1-3-8-21(19)15-42(26)31(47)24(10-5-11-38-32(35)36)40-29(45)25(14-23-17-49-18-39-23)41-30(46)27-13-20-7-2-4-9-22(20)16-43(27)33(37)48/h1-4,6-9,17-18,24-27H,5,10-16H2,(H2,34,44)(H2,37,48)(H,40,45)(H,41,46)(H4,35,36,38)/t24-,25?,26-,27-/m0/s1. The molecule has 0 bridgehead atoms. The van der Waals surface area contributed by atoms with E-state index in [0.717, 1.165) is 22.3 Å². The molecule has 0 saturated heterocycles. The number of thiazole rings is 1. The normalized spacial score (nSPS) is 17.9. The Balaban J connectivity index is 1.39. The molecule has 0 fully saturated rings. The van der Waals surface area contributed by atoms with E-state index in [4.69, 9.17) is 22.9 Å². The summed E-state index contributed by atoms with van der Waals surface area (Å²) in [6, 6.07) is 9.92. The summed E-state index contributed by atoms with van der Waals surface area (Å²) >= 11 is 1.33. The maximum atomic E-state index is 14.2. The summed E-state index contributed by atoms with van der Waals surface area (Å²) in [6.45, 7) is 0.446. The smallest absolute Gasteiger partial charge is 0.315 e.